The Kier molecular flexibility index (Phi) is 4.77. The van der Waals surface area contributed by atoms with E-state index >= 15 is 0 Å². The van der Waals surface area contributed by atoms with Crippen LogP contribution in [0.4, 0.5) is 11.4 Å². The predicted octanol–water partition coefficient (Wildman–Crippen LogP) is 3.27. The first kappa shape index (κ1) is 18.8. The van der Waals surface area contributed by atoms with E-state index in [0.717, 1.165) is 16.9 Å². The van der Waals surface area contributed by atoms with Gasteiger partial charge in [0.05, 0.1) is 11.7 Å². The third-order valence-electron chi connectivity index (χ3n) is 5.36. The molecule has 0 N–H and O–H groups in total. The third kappa shape index (κ3) is 2.93. The molecule has 2 aliphatic rings. The number of benzene rings is 2. The van der Waals surface area contributed by atoms with Crippen molar-refractivity contribution in [3.8, 4) is 0 Å². The summed E-state index contributed by atoms with van der Waals surface area (Å²) in [6.07, 6.45) is -0.804. The molecule has 2 saturated heterocycles. The lowest BCUT2D eigenvalue weighted by atomic mass is 9.90. The SMILES string of the molecule is CCN1C(=O)[C@H]2[C@@H](ON(c3ccc(Cl)cc3)[C@H]2c2ccc(N(C)C)cc2)C1=O. The van der Waals surface area contributed by atoms with E-state index in [9.17, 15) is 9.59 Å². The number of anilines is 2. The summed E-state index contributed by atoms with van der Waals surface area (Å²) < 4.78 is 0. The highest BCUT2D eigenvalue weighted by Gasteiger charge is 2.59. The minimum Gasteiger partial charge on any atom is -0.378 e. The number of likely N-dealkylation sites (tertiary alicyclic amines) is 1. The van der Waals surface area contributed by atoms with E-state index in [2.05, 4.69) is 0 Å². The van der Waals surface area contributed by atoms with Crippen molar-refractivity contribution >= 4 is 34.8 Å². The molecule has 28 heavy (non-hydrogen) atoms. The van der Waals surface area contributed by atoms with Crippen LogP contribution in [0, 0.1) is 5.92 Å². The van der Waals surface area contributed by atoms with Crippen LogP contribution in [0.2, 0.25) is 5.02 Å². The maximum Gasteiger partial charge on any atom is 0.261 e. The molecule has 0 aromatic heterocycles. The molecule has 3 atom stereocenters. The van der Waals surface area contributed by atoms with E-state index in [1.54, 1.807) is 24.1 Å². The lowest BCUT2D eigenvalue weighted by Crippen LogP contribution is -2.37. The molecular formula is C21H22ClN3O3. The molecule has 2 aromatic rings. The second-order valence-electron chi connectivity index (χ2n) is 7.21. The molecule has 2 aliphatic heterocycles. The summed E-state index contributed by atoms with van der Waals surface area (Å²) >= 11 is 6.02. The van der Waals surface area contributed by atoms with Crippen molar-refractivity contribution in [3.63, 3.8) is 0 Å². The van der Waals surface area contributed by atoms with Crippen molar-refractivity contribution in [3.05, 3.63) is 59.1 Å². The number of fused-ring (bicyclic) bond motifs is 1. The van der Waals surface area contributed by atoms with Crippen molar-refractivity contribution < 1.29 is 14.4 Å². The van der Waals surface area contributed by atoms with Crippen LogP contribution >= 0.6 is 11.6 Å². The smallest absolute Gasteiger partial charge is 0.261 e. The fraction of sp³-hybridized carbons (Fsp3) is 0.333. The summed E-state index contributed by atoms with van der Waals surface area (Å²) in [7, 11) is 3.95. The van der Waals surface area contributed by atoms with E-state index in [0.29, 0.717) is 11.6 Å². The van der Waals surface area contributed by atoms with E-state index in [-0.39, 0.29) is 11.8 Å². The number of halogens is 1. The van der Waals surface area contributed by atoms with Gasteiger partial charge in [-0.15, -0.1) is 0 Å². The van der Waals surface area contributed by atoms with Gasteiger partial charge in [0.25, 0.3) is 5.91 Å². The Balaban J connectivity index is 1.77. The summed E-state index contributed by atoms with van der Waals surface area (Å²) in [5, 5.41) is 2.29. The fourth-order valence-electron chi connectivity index (χ4n) is 3.90. The zero-order valence-corrected chi connectivity index (χ0v) is 16.8. The molecule has 2 amide bonds. The van der Waals surface area contributed by atoms with Gasteiger partial charge in [0.2, 0.25) is 5.91 Å². The van der Waals surface area contributed by atoms with Crippen LogP contribution in [-0.4, -0.2) is 43.5 Å². The Hall–Kier alpha value is -2.57. The number of likely N-dealkylation sites (N-methyl/N-ethyl adjacent to an activating group) is 1. The number of carbonyl (C=O) groups is 2. The quantitative estimate of drug-likeness (QED) is 0.738. The van der Waals surface area contributed by atoms with E-state index in [4.69, 9.17) is 16.4 Å². The fourth-order valence-corrected chi connectivity index (χ4v) is 4.03. The van der Waals surface area contributed by atoms with Gasteiger partial charge in [0.15, 0.2) is 6.10 Å². The molecule has 146 valence electrons. The Bertz CT molecular complexity index is 898. The Morgan fingerprint density at radius 3 is 2.21 bits per heavy atom. The molecule has 2 fully saturated rings. The topological polar surface area (TPSA) is 53.1 Å². The molecule has 0 spiro atoms. The first-order valence-electron chi connectivity index (χ1n) is 9.26. The average Bonchev–Trinajstić information content (AvgIpc) is 3.19. The minimum atomic E-state index is -0.804. The molecule has 7 heteroatoms. The normalized spacial score (nSPS) is 24.1. The van der Waals surface area contributed by atoms with E-state index in [1.165, 1.54) is 4.90 Å². The summed E-state index contributed by atoms with van der Waals surface area (Å²) in [5.74, 6) is -1.03. The van der Waals surface area contributed by atoms with E-state index in [1.807, 2.05) is 55.4 Å². The lowest BCUT2D eigenvalue weighted by Gasteiger charge is -2.29. The van der Waals surface area contributed by atoms with Crippen LogP contribution in [0.5, 0.6) is 0 Å². The zero-order valence-electron chi connectivity index (χ0n) is 16.0. The van der Waals surface area contributed by atoms with Crippen molar-refractivity contribution in [1.82, 2.24) is 4.90 Å². The van der Waals surface area contributed by atoms with E-state index < -0.39 is 18.1 Å². The first-order valence-corrected chi connectivity index (χ1v) is 9.64. The first-order chi connectivity index (χ1) is 13.4. The van der Waals surface area contributed by atoms with Gasteiger partial charge in [0.1, 0.15) is 5.92 Å². The van der Waals surface area contributed by atoms with Crippen molar-refractivity contribution in [2.24, 2.45) is 5.92 Å². The molecule has 6 nitrogen and oxygen atoms in total. The van der Waals surface area contributed by atoms with Gasteiger partial charge in [-0.05, 0) is 48.9 Å². The molecule has 0 saturated carbocycles. The van der Waals surface area contributed by atoms with Gasteiger partial charge in [0, 0.05) is 31.4 Å². The molecule has 0 unspecified atom stereocenters. The largest absolute Gasteiger partial charge is 0.378 e. The Morgan fingerprint density at radius 1 is 1.00 bits per heavy atom. The second kappa shape index (κ2) is 7.11. The summed E-state index contributed by atoms with van der Waals surface area (Å²) in [6.45, 7) is 2.15. The molecule has 0 radical (unpaired) electrons. The van der Waals surface area contributed by atoms with Gasteiger partial charge >= 0.3 is 0 Å². The highest BCUT2D eigenvalue weighted by atomic mass is 35.5. The monoisotopic (exact) mass is 399 g/mol. The standard InChI is InChI=1S/C21H22ClN3O3/c1-4-24-20(26)17-18(13-5-9-15(10-6-13)23(2)3)25(28-19(17)21(24)27)16-11-7-14(22)8-12-16/h5-12,17-19H,4H2,1-3H3/t17-,18+,19-/m1/s1. The summed E-state index contributed by atoms with van der Waals surface area (Å²) in [6, 6.07) is 14.8. The number of carbonyl (C=O) groups excluding carboxylic acids is 2. The minimum absolute atomic E-state index is 0.185. The number of hydrogen-bond donors (Lipinski definition) is 0. The van der Waals surface area contributed by atoms with Crippen LogP contribution < -0.4 is 9.96 Å². The molecule has 0 bridgehead atoms. The Morgan fingerprint density at radius 2 is 1.64 bits per heavy atom. The van der Waals surface area contributed by atoms with Gasteiger partial charge in [-0.1, -0.05) is 23.7 Å². The maximum absolute atomic E-state index is 13.0. The summed E-state index contributed by atoms with van der Waals surface area (Å²) in [4.78, 5) is 35.0. The maximum atomic E-state index is 13.0. The molecule has 0 aliphatic carbocycles. The number of imide groups is 1. The molecule has 2 heterocycles. The van der Waals surface area contributed by atoms with Crippen LogP contribution in [-0.2, 0) is 14.4 Å². The third-order valence-corrected chi connectivity index (χ3v) is 5.61. The molecule has 2 aromatic carbocycles. The number of nitrogens with zero attached hydrogens (tertiary/aromatic N) is 3. The number of rotatable bonds is 4. The van der Waals surface area contributed by atoms with Gasteiger partial charge in [-0.2, -0.15) is 0 Å². The number of hydroxylamine groups is 1. The zero-order chi connectivity index (χ0) is 20.0. The van der Waals surface area contributed by atoms with Crippen molar-refractivity contribution in [2.75, 3.05) is 30.6 Å². The van der Waals surface area contributed by atoms with Gasteiger partial charge in [-0.3, -0.25) is 19.3 Å². The molecular weight excluding hydrogens is 378 g/mol. The van der Waals surface area contributed by atoms with Crippen LogP contribution in [0.1, 0.15) is 18.5 Å². The lowest BCUT2D eigenvalue weighted by molar-refractivity contribution is -0.142. The Labute approximate surface area is 169 Å². The highest BCUT2D eigenvalue weighted by molar-refractivity contribution is 6.30. The average molecular weight is 400 g/mol. The second-order valence-corrected chi connectivity index (χ2v) is 7.64. The molecule has 4 rings (SSSR count). The van der Waals surface area contributed by atoms with Gasteiger partial charge < -0.3 is 4.90 Å². The van der Waals surface area contributed by atoms with Crippen LogP contribution in [0.15, 0.2) is 48.5 Å². The highest BCUT2D eigenvalue weighted by Crippen LogP contribution is 2.46. The van der Waals surface area contributed by atoms with Crippen LogP contribution in [0.3, 0.4) is 0 Å². The number of hydrogen-bond acceptors (Lipinski definition) is 5. The van der Waals surface area contributed by atoms with Crippen LogP contribution in [0.25, 0.3) is 0 Å². The van der Waals surface area contributed by atoms with Gasteiger partial charge in [-0.25, -0.2) is 5.06 Å². The van der Waals surface area contributed by atoms with Crippen molar-refractivity contribution in [1.29, 1.82) is 0 Å². The summed E-state index contributed by atoms with van der Waals surface area (Å²) in [5.41, 5.74) is 2.73. The number of amides is 2. The van der Waals surface area contributed by atoms with Crippen molar-refractivity contribution in [2.45, 2.75) is 19.1 Å². The predicted molar refractivity (Wildman–Crippen MR) is 108 cm³/mol.